The minimum atomic E-state index is -0.492. The van der Waals surface area contributed by atoms with Crippen LogP contribution >= 0.6 is 0 Å². The minimum Gasteiger partial charge on any atom is -0.387 e. The van der Waals surface area contributed by atoms with Crippen molar-refractivity contribution in [3.8, 4) is 0 Å². The van der Waals surface area contributed by atoms with E-state index in [1.165, 1.54) is 12.3 Å². The molecule has 0 saturated carbocycles. The Kier molecular flexibility index (Phi) is 7.24. The average molecular weight is 323 g/mol. The third-order valence-corrected chi connectivity index (χ3v) is 3.30. The van der Waals surface area contributed by atoms with E-state index >= 15 is 0 Å². The summed E-state index contributed by atoms with van der Waals surface area (Å²) in [4.78, 5) is 26.7. The number of aryl methyl sites for hydroxylation is 1. The molecule has 0 saturated heterocycles. The molecule has 1 amide bonds. The number of rotatable bonds is 9. The van der Waals surface area contributed by atoms with Gasteiger partial charge >= 0.3 is 0 Å². The molecule has 0 aromatic carbocycles. The Morgan fingerprint density at radius 3 is 2.78 bits per heavy atom. The third-order valence-electron chi connectivity index (χ3n) is 3.30. The number of nitrogens with one attached hydrogen (secondary N) is 1. The number of hydrogen-bond donors (Lipinski definition) is 2. The topological polar surface area (TPSA) is 116 Å². The van der Waals surface area contributed by atoms with Gasteiger partial charge < -0.3 is 15.6 Å². The molecule has 1 rings (SSSR count). The number of hydrogen-bond acceptors (Lipinski definition) is 4. The van der Waals surface area contributed by atoms with Gasteiger partial charge in [0.25, 0.3) is 11.6 Å². The van der Waals surface area contributed by atoms with Crippen molar-refractivity contribution in [2.75, 3.05) is 13.1 Å². The summed E-state index contributed by atoms with van der Waals surface area (Å²) in [5.41, 5.74) is 5.88. The SMILES string of the molecule is CCN=C(N)CCNC(=O)c1cc([N+](=O)[O-])cn1CCC(C)C. The fourth-order valence-corrected chi connectivity index (χ4v) is 2.04. The van der Waals surface area contributed by atoms with Crippen molar-refractivity contribution in [1.82, 2.24) is 9.88 Å². The zero-order chi connectivity index (χ0) is 17.4. The molecule has 0 spiro atoms. The number of aromatic nitrogens is 1. The summed E-state index contributed by atoms with van der Waals surface area (Å²) in [6, 6.07) is 1.30. The Bertz CT molecular complexity index is 578. The number of nitro groups is 1. The molecule has 128 valence electrons. The quantitative estimate of drug-likeness (QED) is 0.312. The Hall–Kier alpha value is -2.38. The fraction of sp³-hybridized carbons (Fsp3) is 0.600. The molecule has 0 aliphatic rings. The fourth-order valence-electron chi connectivity index (χ4n) is 2.04. The normalized spacial score (nSPS) is 11.7. The van der Waals surface area contributed by atoms with Crippen molar-refractivity contribution < 1.29 is 9.72 Å². The van der Waals surface area contributed by atoms with E-state index in [1.54, 1.807) is 4.57 Å². The molecule has 0 aliphatic heterocycles. The highest BCUT2D eigenvalue weighted by atomic mass is 16.6. The third kappa shape index (κ3) is 6.09. The number of amidine groups is 1. The van der Waals surface area contributed by atoms with Gasteiger partial charge in [0.2, 0.25) is 0 Å². The van der Waals surface area contributed by atoms with E-state index in [1.807, 2.05) is 6.92 Å². The van der Waals surface area contributed by atoms with Crippen LogP contribution in [0.1, 0.15) is 44.1 Å². The van der Waals surface area contributed by atoms with Crippen LogP contribution in [0.3, 0.4) is 0 Å². The van der Waals surface area contributed by atoms with E-state index in [2.05, 4.69) is 24.2 Å². The monoisotopic (exact) mass is 323 g/mol. The Labute approximate surface area is 135 Å². The van der Waals surface area contributed by atoms with Gasteiger partial charge in [-0.05, 0) is 19.3 Å². The van der Waals surface area contributed by atoms with E-state index in [4.69, 9.17) is 5.73 Å². The lowest BCUT2D eigenvalue weighted by molar-refractivity contribution is -0.384. The molecule has 0 atom stereocenters. The lowest BCUT2D eigenvalue weighted by Gasteiger charge is -2.10. The van der Waals surface area contributed by atoms with Crippen LogP contribution in [0.2, 0.25) is 0 Å². The van der Waals surface area contributed by atoms with Crippen LogP contribution in [-0.2, 0) is 6.54 Å². The zero-order valence-electron chi connectivity index (χ0n) is 13.9. The summed E-state index contributed by atoms with van der Waals surface area (Å²) in [6.45, 7) is 7.52. The van der Waals surface area contributed by atoms with Gasteiger partial charge in [0.15, 0.2) is 0 Å². The molecule has 0 unspecified atom stereocenters. The summed E-state index contributed by atoms with van der Waals surface area (Å²) in [7, 11) is 0. The van der Waals surface area contributed by atoms with Gasteiger partial charge in [0.05, 0.1) is 17.0 Å². The molecule has 1 aromatic rings. The minimum absolute atomic E-state index is 0.0778. The Balaban J connectivity index is 2.77. The second-order valence-corrected chi connectivity index (χ2v) is 5.69. The average Bonchev–Trinajstić information content (AvgIpc) is 2.89. The number of aliphatic imine (C=N–C) groups is 1. The number of carbonyl (C=O) groups is 1. The first-order chi connectivity index (χ1) is 10.8. The highest BCUT2D eigenvalue weighted by molar-refractivity contribution is 5.94. The first-order valence-electron chi connectivity index (χ1n) is 7.76. The number of carbonyl (C=O) groups excluding carboxylic acids is 1. The van der Waals surface area contributed by atoms with E-state index in [9.17, 15) is 14.9 Å². The molecule has 1 heterocycles. The number of nitrogens with zero attached hydrogens (tertiary/aromatic N) is 3. The van der Waals surface area contributed by atoms with E-state index in [-0.39, 0.29) is 11.6 Å². The van der Waals surface area contributed by atoms with Crippen molar-refractivity contribution >= 4 is 17.4 Å². The largest absolute Gasteiger partial charge is 0.387 e. The van der Waals surface area contributed by atoms with Gasteiger partial charge in [-0.2, -0.15) is 0 Å². The highest BCUT2D eigenvalue weighted by Crippen LogP contribution is 2.18. The van der Waals surface area contributed by atoms with Gasteiger partial charge in [0, 0.05) is 32.1 Å². The van der Waals surface area contributed by atoms with Gasteiger partial charge in [-0.25, -0.2) is 0 Å². The van der Waals surface area contributed by atoms with E-state index in [0.29, 0.717) is 43.5 Å². The smallest absolute Gasteiger partial charge is 0.287 e. The molecule has 0 radical (unpaired) electrons. The van der Waals surface area contributed by atoms with Crippen LogP contribution in [0.15, 0.2) is 17.3 Å². The first-order valence-corrected chi connectivity index (χ1v) is 7.76. The van der Waals surface area contributed by atoms with Crippen molar-refractivity contribution in [2.24, 2.45) is 16.6 Å². The molecule has 3 N–H and O–H groups in total. The lowest BCUT2D eigenvalue weighted by atomic mass is 10.1. The number of nitrogens with two attached hydrogens (primary N) is 1. The number of amides is 1. The summed E-state index contributed by atoms with van der Waals surface area (Å²) >= 11 is 0. The molecule has 0 fully saturated rings. The molecule has 23 heavy (non-hydrogen) atoms. The predicted octanol–water partition coefficient (Wildman–Crippen LogP) is 1.94. The van der Waals surface area contributed by atoms with Crippen molar-refractivity contribution in [1.29, 1.82) is 0 Å². The standard InChI is InChI=1S/C15H25N5O3/c1-4-17-14(16)5-7-18-15(21)13-9-12(20(22)23)10-19(13)8-6-11(2)3/h9-11H,4-8H2,1-3H3,(H2,16,17)(H,18,21). The Morgan fingerprint density at radius 2 is 2.22 bits per heavy atom. The predicted molar refractivity (Wildman–Crippen MR) is 89.7 cm³/mol. The summed E-state index contributed by atoms with van der Waals surface area (Å²) in [5.74, 6) is 0.581. The molecule has 0 aliphatic carbocycles. The molecule has 8 nitrogen and oxygen atoms in total. The molecule has 0 bridgehead atoms. The maximum Gasteiger partial charge on any atom is 0.287 e. The van der Waals surface area contributed by atoms with Crippen molar-refractivity contribution in [3.05, 3.63) is 28.1 Å². The summed E-state index contributed by atoms with van der Waals surface area (Å²) in [5, 5.41) is 13.7. The van der Waals surface area contributed by atoms with Gasteiger partial charge in [-0.1, -0.05) is 13.8 Å². The lowest BCUT2D eigenvalue weighted by Crippen LogP contribution is -2.29. The van der Waals surface area contributed by atoms with Crippen molar-refractivity contribution in [2.45, 2.75) is 40.2 Å². The van der Waals surface area contributed by atoms with Gasteiger partial charge in [0.1, 0.15) is 5.69 Å². The van der Waals surface area contributed by atoms with Crippen LogP contribution < -0.4 is 11.1 Å². The van der Waals surface area contributed by atoms with Crippen LogP contribution in [0.25, 0.3) is 0 Å². The Morgan fingerprint density at radius 1 is 1.52 bits per heavy atom. The summed E-state index contributed by atoms with van der Waals surface area (Å²) in [6.07, 6.45) is 2.70. The van der Waals surface area contributed by atoms with E-state index < -0.39 is 4.92 Å². The van der Waals surface area contributed by atoms with Crippen molar-refractivity contribution in [3.63, 3.8) is 0 Å². The van der Waals surface area contributed by atoms with Crippen LogP contribution in [0, 0.1) is 16.0 Å². The van der Waals surface area contributed by atoms with Crippen LogP contribution in [0.4, 0.5) is 5.69 Å². The second kappa shape index (κ2) is 8.92. The van der Waals surface area contributed by atoms with E-state index in [0.717, 1.165) is 6.42 Å². The maximum absolute atomic E-state index is 12.3. The highest BCUT2D eigenvalue weighted by Gasteiger charge is 2.19. The molecule has 1 aromatic heterocycles. The maximum atomic E-state index is 12.3. The first kappa shape index (κ1) is 18.7. The van der Waals surface area contributed by atoms with Crippen LogP contribution in [0.5, 0.6) is 0 Å². The second-order valence-electron chi connectivity index (χ2n) is 5.69. The molecular weight excluding hydrogens is 298 g/mol. The van der Waals surface area contributed by atoms with Gasteiger partial charge in [-0.3, -0.25) is 19.9 Å². The summed E-state index contributed by atoms with van der Waals surface area (Å²) < 4.78 is 1.64. The van der Waals surface area contributed by atoms with Gasteiger partial charge in [-0.15, -0.1) is 0 Å². The zero-order valence-corrected chi connectivity index (χ0v) is 13.9. The molecule has 8 heteroatoms. The molecular formula is C15H25N5O3. The van der Waals surface area contributed by atoms with Crippen LogP contribution in [-0.4, -0.2) is 34.3 Å².